The number of amides is 1. The third-order valence-corrected chi connectivity index (χ3v) is 4.71. The quantitative estimate of drug-likeness (QED) is 0.710. The maximum Gasteiger partial charge on any atom is 0.272 e. The van der Waals surface area contributed by atoms with Crippen LogP contribution in [0.2, 0.25) is 5.02 Å². The molecular weight excluding hydrogens is 336 g/mol. The number of pyridine rings is 2. The Bertz CT molecular complexity index is 908. The number of halogens is 1. The average Bonchev–Trinajstić information content (AvgIpc) is 2.67. The summed E-state index contributed by atoms with van der Waals surface area (Å²) < 4.78 is 0. The van der Waals surface area contributed by atoms with E-state index < -0.39 is 0 Å². The number of carbonyl (C=O) groups is 1. The van der Waals surface area contributed by atoms with Crippen LogP contribution in [0.5, 0.6) is 0 Å². The van der Waals surface area contributed by atoms with E-state index in [1.165, 1.54) is 0 Å². The standard InChI is InChI=1S/C19H17ClN4O/c20-14-4-5-15-17(13-14)22-8-6-18(15)23-9-11-24(12-10-23)19(25)16-3-1-2-7-21-16/h1-8,13H,9-12H2. The lowest BCUT2D eigenvalue weighted by molar-refractivity contribution is 0.0741. The second-order valence-corrected chi connectivity index (χ2v) is 6.42. The highest BCUT2D eigenvalue weighted by atomic mass is 35.5. The summed E-state index contributed by atoms with van der Waals surface area (Å²) in [6, 6.07) is 13.2. The molecule has 5 nitrogen and oxygen atoms in total. The largest absolute Gasteiger partial charge is 0.367 e. The molecule has 4 rings (SSSR count). The first-order chi connectivity index (χ1) is 12.2. The molecule has 1 aliphatic rings. The van der Waals surface area contributed by atoms with Crippen molar-refractivity contribution in [2.24, 2.45) is 0 Å². The number of hydrogen-bond donors (Lipinski definition) is 0. The van der Waals surface area contributed by atoms with Gasteiger partial charge in [-0.15, -0.1) is 0 Å². The van der Waals surface area contributed by atoms with Crippen molar-refractivity contribution in [1.82, 2.24) is 14.9 Å². The molecule has 1 fully saturated rings. The van der Waals surface area contributed by atoms with Gasteiger partial charge >= 0.3 is 0 Å². The van der Waals surface area contributed by atoms with Crippen LogP contribution in [0.1, 0.15) is 10.5 Å². The van der Waals surface area contributed by atoms with Gasteiger partial charge in [0.25, 0.3) is 5.91 Å². The van der Waals surface area contributed by atoms with Crippen molar-refractivity contribution < 1.29 is 4.79 Å². The van der Waals surface area contributed by atoms with Gasteiger partial charge in [-0.05, 0) is 36.4 Å². The Kier molecular flexibility index (Phi) is 4.24. The van der Waals surface area contributed by atoms with Crippen LogP contribution >= 0.6 is 11.6 Å². The molecule has 1 aromatic carbocycles. The number of rotatable bonds is 2. The summed E-state index contributed by atoms with van der Waals surface area (Å²) in [6.45, 7) is 2.90. The number of hydrogen-bond acceptors (Lipinski definition) is 4. The third kappa shape index (κ3) is 3.15. The number of benzene rings is 1. The Hall–Kier alpha value is -2.66. The molecule has 0 saturated carbocycles. The first kappa shape index (κ1) is 15.8. The highest BCUT2D eigenvalue weighted by molar-refractivity contribution is 6.31. The molecule has 1 amide bonds. The molecule has 3 heterocycles. The normalized spacial score (nSPS) is 14.8. The van der Waals surface area contributed by atoms with Crippen molar-refractivity contribution in [1.29, 1.82) is 0 Å². The number of nitrogens with zero attached hydrogens (tertiary/aromatic N) is 4. The zero-order valence-corrected chi connectivity index (χ0v) is 14.4. The molecule has 6 heteroatoms. The molecule has 0 unspecified atom stereocenters. The van der Waals surface area contributed by atoms with E-state index in [1.54, 1.807) is 18.5 Å². The van der Waals surface area contributed by atoms with Gasteiger partial charge in [-0.2, -0.15) is 0 Å². The van der Waals surface area contributed by atoms with Crippen molar-refractivity contribution in [3.63, 3.8) is 0 Å². The predicted octanol–water partition coefficient (Wildman–Crippen LogP) is 3.25. The molecule has 1 aliphatic heterocycles. The molecule has 1 saturated heterocycles. The van der Waals surface area contributed by atoms with Crippen molar-refractivity contribution in [2.75, 3.05) is 31.1 Å². The second kappa shape index (κ2) is 6.69. The molecule has 25 heavy (non-hydrogen) atoms. The summed E-state index contributed by atoms with van der Waals surface area (Å²) >= 11 is 6.07. The molecule has 3 aromatic rings. The van der Waals surface area contributed by atoms with Crippen LogP contribution in [0.4, 0.5) is 5.69 Å². The Balaban J connectivity index is 1.52. The summed E-state index contributed by atoms with van der Waals surface area (Å²) in [5.41, 5.74) is 2.52. The zero-order valence-electron chi connectivity index (χ0n) is 13.6. The van der Waals surface area contributed by atoms with Crippen molar-refractivity contribution in [3.8, 4) is 0 Å². The molecule has 0 N–H and O–H groups in total. The molecule has 0 bridgehead atoms. The van der Waals surface area contributed by atoms with Gasteiger partial charge in [0.05, 0.1) is 5.52 Å². The molecule has 2 aromatic heterocycles. The Morgan fingerprint density at radius 2 is 1.80 bits per heavy atom. The van der Waals surface area contributed by atoms with Gasteiger partial charge in [-0.3, -0.25) is 14.8 Å². The van der Waals surface area contributed by atoms with Crippen molar-refractivity contribution in [3.05, 3.63) is 65.6 Å². The minimum Gasteiger partial charge on any atom is -0.367 e. The SMILES string of the molecule is O=C(c1ccccn1)N1CCN(c2ccnc3cc(Cl)ccc23)CC1. The van der Waals surface area contributed by atoms with Gasteiger partial charge in [-0.1, -0.05) is 17.7 Å². The summed E-state index contributed by atoms with van der Waals surface area (Å²) in [5.74, 6) is -0.00776. The highest BCUT2D eigenvalue weighted by Gasteiger charge is 2.23. The van der Waals surface area contributed by atoms with Gasteiger partial charge < -0.3 is 9.80 Å². The summed E-state index contributed by atoms with van der Waals surface area (Å²) in [5, 5.41) is 1.76. The van der Waals surface area contributed by atoms with Gasteiger partial charge in [0, 0.05) is 54.7 Å². The van der Waals surface area contributed by atoms with E-state index in [1.807, 2.05) is 41.3 Å². The molecule has 0 spiro atoms. The van der Waals surface area contributed by atoms with Crippen LogP contribution in [0, 0.1) is 0 Å². The number of fused-ring (bicyclic) bond motifs is 1. The third-order valence-electron chi connectivity index (χ3n) is 4.47. The van der Waals surface area contributed by atoms with E-state index >= 15 is 0 Å². The molecule has 0 atom stereocenters. The smallest absolute Gasteiger partial charge is 0.272 e. The molecular formula is C19H17ClN4O. The predicted molar refractivity (Wildman–Crippen MR) is 99.1 cm³/mol. The van der Waals surface area contributed by atoms with E-state index in [-0.39, 0.29) is 5.91 Å². The first-order valence-electron chi connectivity index (χ1n) is 8.22. The van der Waals surface area contributed by atoms with E-state index in [4.69, 9.17) is 11.6 Å². The van der Waals surface area contributed by atoms with Crippen LogP contribution in [0.3, 0.4) is 0 Å². The van der Waals surface area contributed by atoms with Crippen LogP contribution in [-0.2, 0) is 0 Å². The van der Waals surface area contributed by atoms with Crippen LogP contribution in [0.25, 0.3) is 10.9 Å². The fourth-order valence-electron chi connectivity index (χ4n) is 3.18. The van der Waals surface area contributed by atoms with Crippen LogP contribution in [0.15, 0.2) is 54.9 Å². The van der Waals surface area contributed by atoms with E-state index in [9.17, 15) is 4.79 Å². The Morgan fingerprint density at radius 3 is 2.56 bits per heavy atom. The highest BCUT2D eigenvalue weighted by Crippen LogP contribution is 2.28. The van der Waals surface area contributed by atoms with E-state index in [0.717, 1.165) is 29.7 Å². The summed E-state index contributed by atoms with van der Waals surface area (Å²) in [4.78, 5) is 25.2. The maximum absolute atomic E-state index is 12.5. The second-order valence-electron chi connectivity index (χ2n) is 5.99. The lowest BCUT2D eigenvalue weighted by Crippen LogP contribution is -2.49. The van der Waals surface area contributed by atoms with Gasteiger partial charge in [-0.25, -0.2) is 0 Å². The summed E-state index contributed by atoms with van der Waals surface area (Å²) in [6.07, 6.45) is 3.46. The van der Waals surface area contributed by atoms with Gasteiger partial charge in [0.2, 0.25) is 0 Å². The van der Waals surface area contributed by atoms with Gasteiger partial charge in [0.15, 0.2) is 0 Å². The molecule has 126 valence electrons. The van der Waals surface area contributed by atoms with E-state index in [0.29, 0.717) is 23.8 Å². The minimum absolute atomic E-state index is 0.00776. The minimum atomic E-state index is -0.00776. The lowest BCUT2D eigenvalue weighted by atomic mass is 10.1. The van der Waals surface area contributed by atoms with E-state index in [2.05, 4.69) is 14.9 Å². The van der Waals surface area contributed by atoms with Crippen LogP contribution in [-0.4, -0.2) is 47.0 Å². The zero-order chi connectivity index (χ0) is 17.2. The maximum atomic E-state index is 12.5. The lowest BCUT2D eigenvalue weighted by Gasteiger charge is -2.36. The monoisotopic (exact) mass is 352 g/mol. The Labute approximate surface area is 150 Å². The fourth-order valence-corrected chi connectivity index (χ4v) is 3.35. The van der Waals surface area contributed by atoms with Crippen LogP contribution < -0.4 is 4.90 Å². The first-order valence-corrected chi connectivity index (χ1v) is 8.60. The number of piperazine rings is 1. The number of anilines is 1. The van der Waals surface area contributed by atoms with Crippen molar-refractivity contribution in [2.45, 2.75) is 0 Å². The molecule has 0 aliphatic carbocycles. The Morgan fingerprint density at radius 1 is 0.960 bits per heavy atom. The fraction of sp³-hybridized carbons (Fsp3) is 0.211. The number of carbonyl (C=O) groups excluding carboxylic acids is 1. The van der Waals surface area contributed by atoms with Gasteiger partial charge in [0.1, 0.15) is 5.69 Å². The molecule has 0 radical (unpaired) electrons. The number of aromatic nitrogens is 2. The van der Waals surface area contributed by atoms with Crippen molar-refractivity contribution >= 4 is 34.1 Å². The average molecular weight is 353 g/mol. The topological polar surface area (TPSA) is 49.3 Å². The summed E-state index contributed by atoms with van der Waals surface area (Å²) in [7, 11) is 0.